The van der Waals surface area contributed by atoms with Crippen LogP contribution in [0.4, 0.5) is 5.82 Å². The molecule has 0 radical (unpaired) electrons. The van der Waals surface area contributed by atoms with E-state index in [0.717, 1.165) is 51.1 Å². The molecule has 0 amide bonds. The fourth-order valence-electron chi connectivity index (χ4n) is 4.92. The maximum Gasteiger partial charge on any atom is 0.167 e. The Morgan fingerprint density at radius 3 is 2.86 bits per heavy atom. The van der Waals surface area contributed by atoms with Gasteiger partial charge >= 0.3 is 0 Å². The van der Waals surface area contributed by atoms with Crippen molar-refractivity contribution in [3.63, 3.8) is 0 Å². The monoisotopic (exact) mass is 513 g/mol. The molecule has 5 rings (SSSR count). The van der Waals surface area contributed by atoms with Gasteiger partial charge in [-0.25, -0.2) is 15.0 Å². The third-order valence-corrected chi connectivity index (χ3v) is 8.12. The zero-order chi connectivity index (χ0) is 24.9. The minimum absolute atomic E-state index is 0.269. The van der Waals surface area contributed by atoms with E-state index < -0.39 is 24.5 Å². The van der Waals surface area contributed by atoms with Crippen LogP contribution in [0.2, 0.25) is 0 Å². The minimum Gasteiger partial charge on any atom is -0.387 e. The third kappa shape index (κ3) is 5.66. The van der Waals surface area contributed by atoms with Gasteiger partial charge in [-0.1, -0.05) is 30.7 Å². The number of rotatable bonds is 11. The number of fused-ring (bicyclic) bond motifs is 2. The summed E-state index contributed by atoms with van der Waals surface area (Å²) >= 11 is 1.74. The fraction of sp³-hybridized carbons (Fsp3) is 0.560. The van der Waals surface area contributed by atoms with Crippen LogP contribution in [0, 0.1) is 0 Å². The lowest BCUT2D eigenvalue weighted by molar-refractivity contribution is -0.0289. The molecule has 36 heavy (non-hydrogen) atoms. The van der Waals surface area contributed by atoms with Gasteiger partial charge in [-0.2, -0.15) is 11.8 Å². The average molecular weight is 514 g/mol. The van der Waals surface area contributed by atoms with Crippen LogP contribution in [0.15, 0.2) is 36.9 Å². The molecule has 1 fully saturated rings. The number of imidazole rings is 1. The first-order chi connectivity index (χ1) is 17.6. The first-order valence-corrected chi connectivity index (χ1v) is 13.8. The van der Waals surface area contributed by atoms with Crippen molar-refractivity contribution in [3.05, 3.63) is 48.0 Å². The number of aromatic nitrogens is 4. The van der Waals surface area contributed by atoms with Crippen molar-refractivity contribution in [2.45, 2.75) is 62.8 Å². The van der Waals surface area contributed by atoms with E-state index in [-0.39, 0.29) is 5.82 Å². The molecule has 1 unspecified atom stereocenters. The highest BCUT2D eigenvalue weighted by molar-refractivity contribution is 7.99. The smallest absolute Gasteiger partial charge is 0.167 e. The largest absolute Gasteiger partial charge is 0.387 e. The number of hydrogen-bond acceptors (Lipinski definition) is 10. The van der Waals surface area contributed by atoms with Crippen molar-refractivity contribution < 1.29 is 14.9 Å². The molecule has 1 aromatic carbocycles. The topological polar surface area (TPSA) is 143 Å². The Morgan fingerprint density at radius 1 is 1.11 bits per heavy atom. The second-order valence-corrected chi connectivity index (χ2v) is 10.7. The number of nitrogens with two attached hydrogens (primary N) is 1. The Labute approximate surface area is 215 Å². The van der Waals surface area contributed by atoms with E-state index >= 15 is 0 Å². The van der Waals surface area contributed by atoms with Crippen LogP contribution in [0.1, 0.15) is 36.6 Å². The highest BCUT2D eigenvalue weighted by Crippen LogP contribution is 2.33. The molecule has 11 heteroatoms. The molecule has 2 aliphatic heterocycles. The molecule has 5 atom stereocenters. The van der Waals surface area contributed by atoms with E-state index in [9.17, 15) is 10.2 Å². The molecular formula is C25H35N7O3S. The summed E-state index contributed by atoms with van der Waals surface area (Å²) in [4.78, 5) is 12.4. The van der Waals surface area contributed by atoms with Crippen molar-refractivity contribution in [2.75, 3.05) is 30.3 Å². The number of hydrogen-bond donors (Lipinski definition) is 5. The van der Waals surface area contributed by atoms with Crippen LogP contribution < -0.4 is 16.4 Å². The fourth-order valence-corrected chi connectivity index (χ4v) is 6.01. The van der Waals surface area contributed by atoms with E-state index in [4.69, 9.17) is 10.5 Å². The van der Waals surface area contributed by atoms with Gasteiger partial charge in [0.15, 0.2) is 17.7 Å². The third-order valence-electron chi connectivity index (χ3n) is 6.98. The number of nitrogens with one attached hydrogen (secondary N) is 2. The zero-order valence-corrected chi connectivity index (χ0v) is 21.1. The molecule has 6 N–H and O–H groups in total. The first kappa shape index (κ1) is 25.4. The number of nitrogens with zero attached hydrogens (tertiary/aromatic N) is 4. The van der Waals surface area contributed by atoms with Crippen LogP contribution >= 0.6 is 11.8 Å². The lowest BCUT2D eigenvalue weighted by atomic mass is 9.96. The summed E-state index contributed by atoms with van der Waals surface area (Å²) in [6.07, 6.45) is 4.11. The van der Waals surface area contributed by atoms with Gasteiger partial charge in [-0.05, 0) is 42.7 Å². The molecule has 1 saturated heterocycles. The second-order valence-electron chi connectivity index (χ2n) is 9.52. The Kier molecular flexibility index (Phi) is 8.35. The van der Waals surface area contributed by atoms with Crippen molar-refractivity contribution in [3.8, 4) is 0 Å². The number of unbranched alkanes of at least 4 members (excludes halogenated alkanes) is 2. The Hall–Kier alpha value is -2.28. The van der Waals surface area contributed by atoms with Crippen LogP contribution in [0.25, 0.3) is 11.2 Å². The van der Waals surface area contributed by atoms with E-state index in [0.29, 0.717) is 23.0 Å². The Morgan fingerprint density at radius 2 is 1.97 bits per heavy atom. The maximum atomic E-state index is 10.6. The van der Waals surface area contributed by atoms with E-state index in [1.807, 2.05) is 0 Å². The van der Waals surface area contributed by atoms with Gasteiger partial charge in [0, 0.05) is 24.9 Å². The lowest BCUT2D eigenvalue weighted by Crippen LogP contribution is -2.43. The Balaban J connectivity index is 0.962. The molecule has 3 aromatic rings. The average Bonchev–Trinajstić information content (AvgIpc) is 3.45. The van der Waals surface area contributed by atoms with Gasteiger partial charge < -0.3 is 31.3 Å². The minimum atomic E-state index is -1.07. The number of ether oxygens (including phenoxy) is 1. The van der Waals surface area contributed by atoms with Gasteiger partial charge in [0.1, 0.15) is 24.1 Å². The highest BCUT2D eigenvalue weighted by Gasteiger charge is 2.44. The number of benzene rings is 1. The summed E-state index contributed by atoms with van der Waals surface area (Å²) in [5.41, 5.74) is 9.66. The van der Waals surface area contributed by atoms with E-state index in [1.54, 1.807) is 16.3 Å². The summed E-state index contributed by atoms with van der Waals surface area (Å²) < 4.78 is 7.61. The quantitative estimate of drug-likeness (QED) is 0.238. The van der Waals surface area contributed by atoms with Crippen LogP contribution in [0.3, 0.4) is 0 Å². The first-order valence-electron chi connectivity index (χ1n) is 12.6. The van der Waals surface area contributed by atoms with E-state index in [2.05, 4.69) is 49.9 Å². The summed E-state index contributed by atoms with van der Waals surface area (Å²) in [6, 6.07) is 9.17. The number of nitrogen functional groups attached to an aromatic ring is 1. The predicted molar refractivity (Wildman–Crippen MR) is 140 cm³/mol. The van der Waals surface area contributed by atoms with Crippen LogP contribution in [-0.2, 0) is 17.7 Å². The normalized spacial score (nSPS) is 25.9. The van der Waals surface area contributed by atoms with Gasteiger partial charge in [0.05, 0.1) is 12.4 Å². The van der Waals surface area contributed by atoms with Gasteiger partial charge in [-0.3, -0.25) is 4.57 Å². The molecule has 2 aliphatic rings. The van der Waals surface area contributed by atoms with Gasteiger partial charge in [0.2, 0.25) is 0 Å². The molecule has 0 aliphatic carbocycles. The number of aliphatic hydroxyl groups excluding tert-OH is 2. The van der Waals surface area contributed by atoms with Crippen LogP contribution in [-0.4, -0.2) is 78.7 Å². The van der Waals surface area contributed by atoms with Gasteiger partial charge in [0.25, 0.3) is 0 Å². The molecule has 0 saturated carbocycles. The van der Waals surface area contributed by atoms with E-state index in [1.165, 1.54) is 23.8 Å². The predicted octanol–water partition coefficient (Wildman–Crippen LogP) is 1.24. The molecule has 0 spiro atoms. The zero-order valence-electron chi connectivity index (χ0n) is 20.3. The molecular weight excluding hydrogens is 478 g/mol. The maximum absolute atomic E-state index is 10.6. The molecule has 194 valence electrons. The van der Waals surface area contributed by atoms with Crippen molar-refractivity contribution in [2.24, 2.45) is 0 Å². The number of thioether (sulfide) groups is 1. The number of anilines is 1. The molecule has 10 nitrogen and oxygen atoms in total. The van der Waals surface area contributed by atoms with Gasteiger partial charge in [-0.15, -0.1) is 0 Å². The summed E-state index contributed by atoms with van der Waals surface area (Å²) in [5, 5.41) is 28.3. The highest BCUT2D eigenvalue weighted by atomic mass is 32.2. The summed E-state index contributed by atoms with van der Waals surface area (Å²) in [5.74, 6) is 1.88. The number of aliphatic hydroxyl groups is 2. The second kappa shape index (κ2) is 11.8. The standard InChI is InChI=1S/C25H35N7O3S/c26-23-20-24(30-14-29-23)32(15-31-20)25-22(34)21(33)19(35-25)13-36-9-5-1-4-8-27-12-18-10-16-6-2-3-7-17(16)11-28-18/h2-3,6-7,14-15,18-19,21-22,25,27-28,33-34H,1,4-5,8-13H2,(H2,26,29,30)/t18?,19-,21-,22-,25-/m1/s1. The molecule has 2 aromatic heterocycles. The SMILES string of the molecule is Nc1ncnc2c1ncn2[C@@H]1O[C@H](CSCCCCCNCC2Cc3ccccc3CN2)[C@@H](O)[C@H]1O. The summed E-state index contributed by atoms with van der Waals surface area (Å²) in [7, 11) is 0. The van der Waals surface area contributed by atoms with Crippen molar-refractivity contribution in [1.29, 1.82) is 0 Å². The molecule has 0 bridgehead atoms. The molecule has 4 heterocycles. The van der Waals surface area contributed by atoms with Crippen LogP contribution in [0.5, 0.6) is 0 Å². The lowest BCUT2D eigenvalue weighted by Gasteiger charge is -2.26. The Bertz CT molecular complexity index is 1150. The van der Waals surface area contributed by atoms with Crippen molar-refractivity contribution >= 4 is 28.7 Å². The summed E-state index contributed by atoms with van der Waals surface area (Å²) in [6.45, 7) is 2.98. The van der Waals surface area contributed by atoms with Crippen molar-refractivity contribution in [1.82, 2.24) is 30.2 Å².